The Morgan fingerprint density at radius 3 is 2.83 bits per heavy atom. The summed E-state index contributed by atoms with van der Waals surface area (Å²) in [5.41, 5.74) is 0.986. The molecule has 18 heavy (non-hydrogen) atoms. The molecule has 104 valence electrons. The van der Waals surface area contributed by atoms with Crippen molar-refractivity contribution < 1.29 is 9.94 Å². The summed E-state index contributed by atoms with van der Waals surface area (Å²) in [6, 6.07) is 0.146. The second-order valence-corrected chi connectivity index (χ2v) is 5.55. The van der Waals surface area contributed by atoms with Gasteiger partial charge in [0.05, 0.1) is 12.6 Å². The lowest BCUT2D eigenvalue weighted by Crippen LogP contribution is -2.41. The third kappa shape index (κ3) is 4.56. The van der Waals surface area contributed by atoms with Crippen LogP contribution >= 0.6 is 0 Å². The fraction of sp³-hybridized carbons (Fsp3) is 0.733. The van der Waals surface area contributed by atoms with Crippen LogP contribution in [0.3, 0.4) is 0 Å². The number of aliphatic hydroxyl groups is 1. The predicted octanol–water partition coefficient (Wildman–Crippen LogP) is 3.07. The third-order valence-electron chi connectivity index (χ3n) is 3.48. The molecule has 0 spiro atoms. The highest BCUT2D eigenvalue weighted by Crippen LogP contribution is 2.26. The van der Waals surface area contributed by atoms with E-state index in [0.29, 0.717) is 0 Å². The monoisotopic (exact) mass is 253 g/mol. The van der Waals surface area contributed by atoms with Crippen molar-refractivity contribution in [3.63, 3.8) is 0 Å². The number of hydrogen-bond donors (Lipinski definition) is 1. The Kier molecular flexibility index (Phi) is 6.06. The first-order valence-electron chi connectivity index (χ1n) is 6.84. The highest BCUT2D eigenvalue weighted by Gasteiger charge is 2.31. The SMILES string of the molecule is C=CC(C)(CCC=C(C)C)ON1CCC[C@H]1CO. The molecule has 1 rings (SSSR count). The smallest absolute Gasteiger partial charge is 0.105 e. The first-order chi connectivity index (χ1) is 8.50. The van der Waals surface area contributed by atoms with Gasteiger partial charge in [0.2, 0.25) is 0 Å². The standard InChI is InChI=1S/C15H27NO2/c1-5-15(4,10-6-8-13(2)3)18-16-11-7-9-14(16)12-17/h5,8,14,17H,1,6-7,9-12H2,2-4H3/t14-,15?/m0/s1. The van der Waals surface area contributed by atoms with Gasteiger partial charge in [0.25, 0.3) is 0 Å². The molecule has 0 radical (unpaired) electrons. The van der Waals surface area contributed by atoms with Crippen molar-refractivity contribution in [2.75, 3.05) is 13.2 Å². The maximum absolute atomic E-state index is 9.30. The summed E-state index contributed by atoms with van der Waals surface area (Å²) in [5, 5.41) is 11.2. The van der Waals surface area contributed by atoms with E-state index in [-0.39, 0.29) is 18.2 Å². The number of hydroxylamine groups is 2. The molecular formula is C15H27NO2. The molecule has 1 heterocycles. The van der Waals surface area contributed by atoms with Crippen LogP contribution in [0.2, 0.25) is 0 Å². The van der Waals surface area contributed by atoms with Crippen LogP contribution < -0.4 is 0 Å². The van der Waals surface area contributed by atoms with E-state index in [1.165, 1.54) is 5.57 Å². The second kappa shape index (κ2) is 7.07. The fourth-order valence-corrected chi connectivity index (χ4v) is 2.21. The van der Waals surface area contributed by atoms with Crippen molar-refractivity contribution in [3.05, 3.63) is 24.3 Å². The maximum atomic E-state index is 9.30. The van der Waals surface area contributed by atoms with Crippen molar-refractivity contribution >= 4 is 0 Å². The minimum absolute atomic E-state index is 0.146. The third-order valence-corrected chi connectivity index (χ3v) is 3.48. The van der Waals surface area contributed by atoms with Gasteiger partial charge in [-0.25, -0.2) is 0 Å². The number of allylic oxidation sites excluding steroid dienone is 2. The van der Waals surface area contributed by atoms with Crippen LogP contribution in [-0.4, -0.2) is 35.0 Å². The van der Waals surface area contributed by atoms with Gasteiger partial charge in [-0.05, 0) is 46.5 Å². The molecule has 0 aromatic heterocycles. The molecule has 0 bridgehead atoms. The molecule has 1 aliphatic heterocycles. The Bertz CT molecular complexity index is 297. The molecule has 1 saturated heterocycles. The highest BCUT2D eigenvalue weighted by molar-refractivity contribution is 4.99. The van der Waals surface area contributed by atoms with E-state index < -0.39 is 0 Å². The number of nitrogens with zero attached hydrogens (tertiary/aromatic N) is 1. The molecule has 1 fully saturated rings. The molecule has 0 aliphatic carbocycles. The molecule has 3 nitrogen and oxygen atoms in total. The van der Waals surface area contributed by atoms with E-state index in [2.05, 4.69) is 33.4 Å². The highest BCUT2D eigenvalue weighted by atomic mass is 16.7. The lowest BCUT2D eigenvalue weighted by molar-refractivity contribution is -0.236. The lowest BCUT2D eigenvalue weighted by Gasteiger charge is -2.33. The van der Waals surface area contributed by atoms with Crippen molar-refractivity contribution in [1.29, 1.82) is 0 Å². The number of hydrogen-bond acceptors (Lipinski definition) is 3. The van der Waals surface area contributed by atoms with Gasteiger partial charge in [0, 0.05) is 6.54 Å². The van der Waals surface area contributed by atoms with Gasteiger partial charge in [-0.3, -0.25) is 4.84 Å². The van der Waals surface area contributed by atoms with Crippen molar-refractivity contribution in [1.82, 2.24) is 5.06 Å². The van der Waals surface area contributed by atoms with Gasteiger partial charge >= 0.3 is 0 Å². The van der Waals surface area contributed by atoms with Crippen LogP contribution in [0.25, 0.3) is 0 Å². The quantitative estimate of drug-likeness (QED) is 0.708. The van der Waals surface area contributed by atoms with Crippen molar-refractivity contribution in [3.8, 4) is 0 Å². The largest absolute Gasteiger partial charge is 0.395 e. The van der Waals surface area contributed by atoms with Gasteiger partial charge in [-0.2, -0.15) is 5.06 Å². The lowest BCUT2D eigenvalue weighted by atomic mass is 9.99. The van der Waals surface area contributed by atoms with Crippen LogP contribution in [0.4, 0.5) is 0 Å². The molecule has 1 unspecified atom stereocenters. The van der Waals surface area contributed by atoms with Crippen LogP contribution in [0.5, 0.6) is 0 Å². The molecule has 2 atom stereocenters. The Labute approximate surface area is 111 Å². The summed E-state index contributed by atoms with van der Waals surface area (Å²) in [6.07, 6.45) is 8.10. The van der Waals surface area contributed by atoms with Crippen molar-refractivity contribution in [2.24, 2.45) is 0 Å². The molecule has 0 aromatic carbocycles. The number of aliphatic hydroxyl groups excluding tert-OH is 1. The Balaban J connectivity index is 2.53. The van der Waals surface area contributed by atoms with Crippen LogP contribution in [0.1, 0.15) is 46.5 Å². The van der Waals surface area contributed by atoms with Crippen molar-refractivity contribution in [2.45, 2.75) is 58.1 Å². The van der Waals surface area contributed by atoms with E-state index in [1.54, 1.807) is 0 Å². The van der Waals surface area contributed by atoms with Crippen LogP contribution in [0, 0.1) is 0 Å². The second-order valence-electron chi connectivity index (χ2n) is 5.55. The zero-order chi connectivity index (χ0) is 13.6. The summed E-state index contributed by atoms with van der Waals surface area (Å²) in [4.78, 5) is 6.06. The molecule has 1 N–H and O–H groups in total. The summed E-state index contributed by atoms with van der Waals surface area (Å²) < 4.78 is 0. The Morgan fingerprint density at radius 1 is 1.56 bits per heavy atom. The van der Waals surface area contributed by atoms with E-state index >= 15 is 0 Å². The summed E-state index contributed by atoms with van der Waals surface area (Å²) in [6.45, 7) is 11.2. The minimum atomic E-state index is -0.344. The van der Waals surface area contributed by atoms with Gasteiger partial charge in [0.15, 0.2) is 0 Å². The van der Waals surface area contributed by atoms with E-state index in [9.17, 15) is 5.11 Å². The molecule has 3 heteroatoms. The molecule has 0 saturated carbocycles. The molecule has 0 amide bonds. The first kappa shape index (κ1) is 15.4. The average Bonchev–Trinajstić information content (AvgIpc) is 2.75. The number of rotatable bonds is 7. The Hall–Kier alpha value is -0.640. The van der Waals surface area contributed by atoms with Gasteiger partial charge in [0.1, 0.15) is 5.60 Å². The Morgan fingerprint density at radius 2 is 2.28 bits per heavy atom. The zero-order valence-electron chi connectivity index (χ0n) is 12.0. The van der Waals surface area contributed by atoms with Crippen LogP contribution in [0.15, 0.2) is 24.3 Å². The molecule has 1 aliphatic rings. The summed E-state index contributed by atoms with van der Waals surface area (Å²) in [7, 11) is 0. The first-order valence-corrected chi connectivity index (χ1v) is 6.84. The van der Waals surface area contributed by atoms with Gasteiger partial charge in [-0.15, -0.1) is 6.58 Å². The molecule has 0 aromatic rings. The van der Waals surface area contributed by atoms with E-state index in [1.807, 2.05) is 11.1 Å². The average molecular weight is 253 g/mol. The fourth-order valence-electron chi connectivity index (χ4n) is 2.21. The van der Waals surface area contributed by atoms with Gasteiger partial charge < -0.3 is 5.11 Å². The van der Waals surface area contributed by atoms with E-state index in [4.69, 9.17) is 4.84 Å². The van der Waals surface area contributed by atoms with E-state index in [0.717, 1.165) is 32.2 Å². The molecular weight excluding hydrogens is 226 g/mol. The summed E-state index contributed by atoms with van der Waals surface area (Å²) in [5.74, 6) is 0. The topological polar surface area (TPSA) is 32.7 Å². The van der Waals surface area contributed by atoms with Crippen LogP contribution in [-0.2, 0) is 4.84 Å². The minimum Gasteiger partial charge on any atom is -0.395 e. The normalized spacial score (nSPS) is 23.7. The maximum Gasteiger partial charge on any atom is 0.105 e. The zero-order valence-corrected chi connectivity index (χ0v) is 12.0. The summed E-state index contributed by atoms with van der Waals surface area (Å²) >= 11 is 0. The van der Waals surface area contributed by atoms with Gasteiger partial charge in [-0.1, -0.05) is 17.7 Å². The predicted molar refractivity (Wildman–Crippen MR) is 75.2 cm³/mol.